The Balaban J connectivity index is 3.02. The maximum absolute atomic E-state index is 11.1. The molecule has 0 radical (unpaired) electrons. The Morgan fingerprint density at radius 2 is 2.12 bits per heavy atom. The second-order valence-electron chi connectivity index (χ2n) is 3.78. The first-order valence-electron chi connectivity index (χ1n) is 4.96. The van der Waals surface area contributed by atoms with Crippen LogP contribution in [0, 0.1) is 10.1 Å². The third-order valence-corrected chi connectivity index (χ3v) is 2.87. The fourth-order valence-electron chi connectivity index (χ4n) is 1.63. The monoisotopic (exact) mass is 275 g/mol. The highest BCUT2D eigenvalue weighted by molar-refractivity contribution is 6.35. The molecular formula is C11H11Cl2NO3. The zero-order valence-corrected chi connectivity index (χ0v) is 10.7. The Morgan fingerprint density at radius 1 is 1.47 bits per heavy atom. The molecule has 0 aliphatic heterocycles. The highest BCUT2D eigenvalue weighted by Crippen LogP contribution is 2.29. The van der Waals surface area contributed by atoms with Crippen LogP contribution >= 0.6 is 23.2 Å². The molecule has 0 aliphatic carbocycles. The Bertz CT molecular complexity index is 432. The summed E-state index contributed by atoms with van der Waals surface area (Å²) in [6.45, 7) is 1.08. The first-order chi connectivity index (χ1) is 7.90. The molecule has 1 rings (SSSR count). The van der Waals surface area contributed by atoms with Crippen LogP contribution in [-0.2, 0) is 4.79 Å². The molecule has 17 heavy (non-hydrogen) atoms. The molecule has 1 aromatic carbocycles. The second-order valence-corrected chi connectivity index (χ2v) is 4.63. The number of benzene rings is 1. The summed E-state index contributed by atoms with van der Waals surface area (Å²) in [4.78, 5) is 21.2. The molecular weight excluding hydrogens is 265 g/mol. The van der Waals surface area contributed by atoms with Crippen molar-refractivity contribution in [1.29, 1.82) is 0 Å². The third-order valence-electron chi connectivity index (χ3n) is 2.31. The highest BCUT2D eigenvalue weighted by Gasteiger charge is 2.22. The molecule has 0 amide bonds. The Labute approximate surface area is 109 Å². The van der Waals surface area contributed by atoms with Crippen molar-refractivity contribution in [2.45, 2.75) is 19.3 Å². The number of Topliss-reactive ketones (excluding diaryl/α,β-unsaturated/α-hetero) is 1. The lowest BCUT2D eigenvalue weighted by atomic mass is 9.94. The molecule has 1 atom stereocenters. The van der Waals surface area contributed by atoms with Crippen molar-refractivity contribution in [1.82, 2.24) is 0 Å². The Kier molecular flexibility index (Phi) is 4.90. The van der Waals surface area contributed by atoms with E-state index in [1.807, 2.05) is 0 Å². The first-order valence-corrected chi connectivity index (χ1v) is 5.72. The number of hydrogen-bond donors (Lipinski definition) is 0. The largest absolute Gasteiger partial charge is 0.300 e. The number of carbonyl (C=O) groups is 1. The van der Waals surface area contributed by atoms with Gasteiger partial charge in [0.2, 0.25) is 6.54 Å². The van der Waals surface area contributed by atoms with Gasteiger partial charge in [0.25, 0.3) is 0 Å². The fourth-order valence-corrected chi connectivity index (χ4v) is 2.20. The van der Waals surface area contributed by atoms with Crippen molar-refractivity contribution in [3.63, 3.8) is 0 Å². The summed E-state index contributed by atoms with van der Waals surface area (Å²) in [5.41, 5.74) is 0.586. The van der Waals surface area contributed by atoms with Crippen molar-refractivity contribution in [2.24, 2.45) is 0 Å². The van der Waals surface area contributed by atoms with Crippen LogP contribution in [0.25, 0.3) is 0 Å². The minimum absolute atomic E-state index is 0.0995. The molecule has 0 fully saturated rings. The van der Waals surface area contributed by atoms with Gasteiger partial charge in [0.1, 0.15) is 5.78 Å². The lowest BCUT2D eigenvalue weighted by Gasteiger charge is -2.13. The topological polar surface area (TPSA) is 60.2 Å². The van der Waals surface area contributed by atoms with Crippen LogP contribution in [-0.4, -0.2) is 17.3 Å². The average Bonchev–Trinajstić information content (AvgIpc) is 2.14. The van der Waals surface area contributed by atoms with Gasteiger partial charge < -0.3 is 4.79 Å². The summed E-state index contributed by atoms with van der Waals surface area (Å²) >= 11 is 11.7. The van der Waals surface area contributed by atoms with E-state index in [0.717, 1.165) is 0 Å². The van der Waals surface area contributed by atoms with E-state index in [1.54, 1.807) is 12.1 Å². The number of ketones is 1. The number of halogens is 2. The van der Waals surface area contributed by atoms with Crippen molar-refractivity contribution in [3.05, 3.63) is 43.9 Å². The maximum Gasteiger partial charge on any atom is 0.211 e. The van der Waals surface area contributed by atoms with Gasteiger partial charge in [-0.3, -0.25) is 10.1 Å². The normalized spacial score (nSPS) is 12.2. The number of nitrogens with zero attached hydrogens (tertiary/aromatic N) is 1. The Hall–Kier alpha value is -1.13. The van der Waals surface area contributed by atoms with Gasteiger partial charge in [-0.1, -0.05) is 29.3 Å². The molecule has 92 valence electrons. The van der Waals surface area contributed by atoms with Crippen LogP contribution in [0.2, 0.25) is 10.0 Å². The van der Waals surface area contributed by atoms with Gasteiger partial charge in [0, 0.05) is 21.4 Å². The standard InChI is InChI=1S/C11H11Cl2NO3/c1-7(15)4-8(6-14(16)17)10-3-2-9(12)5-11(10)13/h2-3,5,8H,4,6H2,1H3/t8-/m1/s1. The zero-order chi connectivity index (χ0) is 13.0. The quantitative estimate of drug-likeness (QED) is 0.612. The smallest absolute Gasteiger partial charge is 0.211 e. The van der Waals surface area contributed by atoms with Crippen molar-refractivity contribution < 1.29 is 9.72 Å². The minimum Gasteiger partial charge on any atom is -0.300 e. The highest BCUT2D eigenvalue weighted by atomic mass is 35.5. The van der Waals surface area contributed by atoms with Gasteiger partial charge in [0.15, 0.2) is 0 Å². The van der Waals surface area contributed by atoms with E-state index in [9.17, 15) is 14.9 Å². The van der Waals surface area contributed by atoms with Crippen LogP contribution in [0.4, 0.5) is 0 Å². The molecule has 0 spiro atoms. The van der Waals surface area contributed by atoms with Gasteiger partial charge in [-0.05, 0) is 24.6 Å². The molecule has 0 aromatic heterocycles. The molecule has 0 unspecified atom stereocenters. The molecule has 0 bridgehead atoms. The van der Waals surface area contributed by atoms with Crippen LogP contribution in [0.1, 0.15) is 24.8 Å². The van der Waals surface area contributed by atoms with Crippen molar-refractivity contribution in [3.8, 4) is 0 Å². The van der Waals surface area contributed by atoms with Crippen molar-refractivity contribution in [2.75, 3.05) is 6.54 Å². The minimum atomic E-state index is -0.507. The van der Waals surface area contributed by atoms with Gasteiger partial charge in [0.05, 0.1) is 5.92 Å². The number of rotatable bonds is 5. The molecule has 0 saturated carbocycles. The summed E-state index contributed by atoms with van der Waals surface area (Å²) in [5.74, 6) is -0.616. The van der Waals surface area contributed by atoms with Gasteiger partial charge in [-0.2, -0.15) is 0 Å². The molecule has 0 aliphatic rings. The fraction of sp³-hybridized carbons (Fsp3) is 0.364. The van der Waals surface area contributed by atoms with Gasteiger partial charge in [-0.15, -0.1) is 0 Å². The van der Waals surface area contributed by atoms with E-state index in [-0.39, 0.29) is 18.7 Å². The summed E-state index contributed by atoms with van der Waals surface area (Å²) in [5, 5.41) is 11.4. The molecule has 0 N–H and O–H groups in total. The molecule has 4 nitrogen and oxygen atoms in total. The van der Waals surface area contributed by atoms with Crippen LogP contribution in [0.3, 0.4) is 0 Å². The maximum atomic E-state index is 11.1. The molecule has 0 saturated heterocycles. The van der Waals surface area contributed by atoms with E-state index in [0.29, 0.717) is 15.6 Å². The lowest BCUT2D eigenvalue weighted by molar-refractivity contribution is -0.483. The summed E-state index contributed by atoms with van der Waals surface area (Å²) < 4.78 is 0. The van der Waals surface area contributed by atoms with E-state index in [4.69, 9.17) is 23.2 Å². The zero-order valence-electron chi connectivity index (χ0n) is 9.15. The van der Waals surface area contributed by atoms with E-state index in [2.05, 4.69) is 0 Å². The molecule has 6 heteroatoms. The number of nitro groups is 1. The van der Waals surface area contributed by atoms with E-state index >= 15 is 0 Å². The van der Waals surface area contributed by atoms with E-state index in [1.165, 1.54) is 13.0 Å². The van der Waals surface area contributed by atoms with Crippen LogP contribution < -0.4 is 0 Å². The second kappa shape index (κ2) is 5.98. The summed E-state index contributed by atoms with van der Waals surface area (Å²) in [6, 6.07) is 4.75. The summed E-state index contributed by atoms with van der Waals surface area (Å²) in [6.07, 6.45) is 0.0995. The van der Waals surface area contributed by atoms with Crippen LogP contribution in [0.5, 0.6) is 0 Å². The lowest BCUT2D eigenvalue weighted by Crippen LogP contribution is -2.15. The van der Waals surface area contributed by atoms with Crippen LogP contribution in [0.15, 0.2) is 18.2 Å². The number of carbonyl (C=O) groups excluding carboxylic acids is 1. The molecule has 1 aromatic rings. The van der Waals surface area contributed by atoms with Crippen molar-refractivity contribution >= 4 is 29.0 Å². The van der Waals surface area contributed by atoms with E-state index < -0.39 is 10.8 Å². The molecule has 0 heterocycles. The van der Waals surface area contributed by atoms with Gasteiger partial charge in [-0.25, -0.2) is 0 Å². The number of hydrogen-bond acceptors (Lipinski definition) is 3. The predicted octanol–water partition coefficient (Wildman–Crippen LogP) is 3.33. The average molecular weight is 276 g/mol. The third kappa shape index (κ3) is 4.32. The Morgan fingerprint density at radius 3 is 2.59 bits per heavy atom. The SMILES string of the molecule is CC(=O)C[C@H](C[N+](=O)[O-])c1ccc(Cl)cc1Cl. The summed E-state index contributed by atoms with van der Waals surface area (Å²) in [7, 11) is 0. The predicted molar refractivity (Wildman–Crippen MR) is 66.4 cm³/mol. The first kappa shape index (κ1) is 13.9. The van der Waals surface area contributed by atoms with Gasteiger partial charge >= 0.3 is 0 Å².